The lowest BCUT2D eigenvalue weighted by Gasteiger charge is -2.57. The van der Waals surface area contributed by atoms with Crippen molar-refractivity contribution >= 4 is 0 Å². The van der Waals surface area contributed by atoms with E-state index in [-0.39, 0.29) is 0 Å². The van der Waals surface area contributed by atoms with Gasteiger partial charge in [0.25, 0.3) is 0 Å². The van der Waals surface area contributed by atoms with Gasteiger partial charge in [-0.2, -0.15) is 0 Å². The highest BCUT2D eigenvalue weighted by Gasteiger charge is 2.55. The van der Waals surface area contributed by atoms with E-state index in [0.717, 1.165) is 25.8 Å². The van der Waals surface area contributed by atoms with Crippen molar-refractivity contribution in [2.24, 2.45) is 17.8 Å². The summed E-state index contributed by atoms with van der Waals surface area (Å²) in [4.78, 5) is 0. The highest BCUT2D eigenvalue weighted by Crippen LogP contribution is 2.57. The molecule has 1 aromatic rings. The molecule has 0 spiro atoms. The molecule has 1 nitrogen and oxygen atoms in total. The van der Waals surface area contributed by atoms with Crippen LogP contribution >= 0.6 is 0 Å². The fourth-order valence-corrected chi connectivity index (χ4v) is 5.09. The summed E-state index contributed by atoms with van der Waals surface area (Å²) in [5.41, 5.74) is 0.535. The second-order valence-corrected chi connectivity index (χ2v) is 7.01. The minimum absolute atomic E-state index is 0.556. The Labute approximate surface area is 114 Å². The lowest BCUT2D eigenvalue weighted by molar-refractivity contribution is -0.0930. The smallest absolute Gasteiger partial charge is 0.112 e. The van der Waals surface area contributed by atoms with Gasteiger partial charge in [-0.05, 0) is 55.4 Å². The van der Waals surface area contributed by atoms with E-state index in [1.165, 1.54) is 18.4 Å². The van der Waals surface area contributed by atoms with E-state index in [1.807, 2.05) is 0 Å². The standard InChI is InChI=1S/C17H22FN/c18-17-8-13-6-14(9-17)16(15(7-13)10-17)19-11-12-4-2-1-3-5-12/h1-5,13-16,19H,6-11H2. The zero-order chi connectivity index (χ0) is 12.9. The van der Waals surface area contributed by atoms with Crippen LogP contribution in [0.1, 0.15) is 37.7 Å². The molecule has 2 atom stereocenters. The molecule has 0 amide bonds. The molecule has 2 heteroatoms. The molecule has 0 heterocycles. The SMILES string of the molecule is FC12CC3CC(C1)C(NCc1ccccc1)C(C3)C2. The van der Waals surface area contributed by atoms with Gasteiger partial charge in [-0.15, -0.1) is 0 Å². The predicted molar refractivity (Wildman–Crippen MR) is 74.5 cm³/mol. The number of rotatable bonds is 3. The van der Waals surface area contributed by atoms with Gasteiger partial charge in [0.2, 0.25) is 0 Å². The Hall–Kier alpha value is -0.890. The van der Waals surface area contributed by atoms with Gasteiger partial charge in [0.05, 0.1) is 0 Å². The van der Waals surface area contributed by atoms with E-state index in [9.17, 15) is 4.39 Å². The van der Waals surface area contributed by atoms with Crippen molar-refractivity contribution < 1.29 is 4.39 Å². The van der Waals surface area contributed by atoms with E-state index in [4.69, 9.17) is 0 Å². The lowest BCUT2D eigenvalue weighted by atomic mass is 9.53. The van der Waals surface area contributed by atoms with Gasteiger partial charge in [-0.25, -0.2) is 4.39 Å². The summed E-state index contributed by atoms with van der Waals surface area (Å²) in [5, 5.41) is 3.73. The van der Waals surface area contributed by atoms with Crippen LogP contribution in [0.5, 0.6) is 0 Å². The predicted octanol–water partition coefficient (Wildman–Crippen LogP) is 3.69. The Bertz CT molecular complexity index is 442. The molecule has 0 aromatic heterocycles. The highest BCUT2D eigenvalue weighted by atomic mass is 19.1. The molecule has 4 bridgehead atoms. The molecule has 1 aromatic carbocycles. The summed E-state index contributed by atoms with van der Waals surface area (Å²) in [6.07, 6.45) is 4.99. The largest absolute Gasteiger partial charge is 0.309 e. The first-order valence-corrected chi connectivity index (χ1v) is 7.68. The maximum absolute atomic E-state index is 14.6. The van der Waals surface area contributed by atoms with Gasteiger partial charge in [0, 0.05) is 12.6 Å². The first-order valence-electron chi connectivity index (χ1n) is 7.68. The van der Waals surface area contributed by atoms with Gasteiger partial charge < -0.3 is 5.32 Å². The number of hydrogen-bond donors (Lipinski definition) is 1. The quantitative estimate of drug-likeness (QED) is 0.873. The molecule has 102 valence electrons. The van der Waals surface area contributed by atoms with Crippen LogP contribution in [0.3, 0.4) is 0 Å². The molecule has 4 aliphatic carbocycles. The minimum atomic E-state index is -0.804. The van der Waals surface area contributed by atoms with Crippen LogP contribution in [0.4, 0.5) is 4.39 Å². The molecule has 4 saturated carbocycles. The average molecular weight is 259 g/mol. The van der Waals surface area contributed by atoms with Crippen molar-refractivity contribution in [2.45, 2.75) is 50.4 Å². The van der Waals surface area contributed by atoms with Crippen LogP contribution in [-0.2, 0) is 6.54 Å². The van der Waals surface area contributed by atoms with E-state index in [0.29, 0.717) is 23.8 Å². The average Bonchev–Trinajstić information content (AvgIpc) is 2.37. The number of nitrogens with one attached hydrogen (secondary N) is 1. The Morgan fingerprint density at radius 3 is 2.37 bits per heavy atom. The molecule has 0 aliphatic heterocycles. The summed E-state index contributed by atoms with van der Waals surface area (Å²) < 4.78 is 14.6. The van der Waals surface area contributed by atoms with Crippen LogP contribution in [0, 0.1) is 17.8 Å². The van der Waals surface area contributed by atoms with Gasteiger partial charge in [-0.3, -0.25) is 0 Å². The van der Waals surface area contributed by atoms with Gasteiger partial charge >= 0.3 is 0 Å². The Morgan fingerprint density at radius 1 is 1.05 bits per heavy atom. The third-order valence-electron chi connectivity index (χ3n) is 5.58. The zero-order valence-corrected chi connectivity index (χ0v) is 11.3. The molecule has 4 aliphatic rings. The van der Waals surface area contributed by atoms with Crippen LogP contribution in [0.2, 0.25) is 0 Å². The Morgan fingerprint density at radius 2 is 1.74 bits per heavy atom. The summed E-state index contributed by atoms with van der Waals surface area (Å²) >= 11 is 0. The summed E-state index contributed by atoms with van der Waals surface area (Å²) in [6, 6.07) is 11.1. The van der Waals surface area contributed by atoms with E-state index < -0.39 is 5.67 Å². The van der Waals surface area contributed by atoms with Gasteiger partial charge in [0.15, 0.2) is 0 Å². The van der Waals surface area contributed by atoms with E-state index in [1.54, 1.807) is 0 Å². The molecule has 4 fully saturated rings. The van der Waals surface area contributed by atoms with Crippen molar-refractivity contribution in [1.82, 2.24) is 5.32 Å². The summed E-state index contributed by atoms with van der Waals surface area (Å²) in [6.45, 7) is 0.933. The molecule has 1 N–H and O–H groups in total. The fraction of sp³-hybridized carbons (Fsp3) is 0.647. The second kappa shape index (κ2) is 4.31. The second-order valence-electron chi connectivity index (χ2n) is 7.01. The molecule has 0 radical (unpaired) electrons. The maximum atomic E-state index is 14.6. The van der Waals surface area contributed by atoms with Crippen molar-refractivity contribution in [3.8, 4) is 0 Å². The highest BCUT2D eigenvalue weighted by molar-refractivity contribution is 5.15. The third-order valence-corrected chi connectivity index (χ3v) is 5.58. The first-order chi connectivity index (χ1) is 9.22. The molecular weight excluding hydrogens is 237 g/mol. The van der Waals surface area contributed by atoms with Crippen LogP contribution in [-0.4, -0.2) is 11.7 Å². The lowest BCUT2D eigenvalue weighted by Crippen LogP contribution is -2.59. The minimum Gasteiger partial charge on any atom is -0.309 e. The number of alkyl halides is 1. The maximum Gasteiger partial charge on any atom is 0.112 e. The first kappa shape index (κ1) is 11.9. The van der Waals surface area contributed by atoms with Crippen LogP contribution in [0.15, 0.2) is 30.3 Å². The number of hydrogen-bond acceptors (Lipinski definition) is 1. The Kier molecular flexibility index (Phi) is 2.70. The number of benzene rings is 1. The van der Waals surface area contributed by atoms with Crippen molar-refractivity contribution in [3.05, 3.63) is 35.9 Å². The van der Waals surface area contributed by atoms with Crippen molar-refractivity contribution in [1.29, 1.82) is 0 Å². The molecule has 2 unspecified atom stereocenters. The molecule has 0 saturated heterocycles. The third kappa shape index (κ3) is 2.10. The fourth-order valence-electron chi connectivity index (χ4n) is 5.09. The van der Waals surface area contributed by atoms with Crippen molar-refractivity contribution in [2.75, 3.05) is 0 Å². The molecule has 5 rings (SSSR count). The number of halogens is 1. The topological polar surface area (TPSA) is 12.0 Å². The van der Waals surface area contributed by atoms with Gasteiger partial charge in [-0.1, -0.05) is 30.3 Å². The van der Waals surface area contributed by atoms with Crippen LogP contribution in [0.25, 0.3) is 0 Å². The molecule has 19 heavy (non-hydrogen) atoms. The van der Waals surface area contributed by atoms with Crippen LogP contribution < -0.4 is 5.32 Å². The normalized spacial score (nSPS) is 43.6. The summed E-state index contributed by atoms with van der Waals surface area (Å²) in [5.74, 6) is 1.84. The Balaban J connectivity index is 1.45. The zero-order valence-electron chi connectivity index (χ0n) is 11.3. The van der Waals surface area contributed by atoms with E-state index in [2.05, 4.69) is 35.6 Å². The molecular formula is C17H22FN. The summed E-state index contributed by atoms with van der Waals surface area (Å²) in [7, 11) is 0. The van der Waals surface area contributed by atoms with E-state index >= 15 is 0 Å². The monoisotopic (exact) mass is 259 g/mol. The van der Waals surface area contributed by atoms with Gasteiger partial charge in [0.1, 0.15) is 5.67 Å². The van der Waals surface area contributed by atoms with Crippen molar-refractivity contribution in [3.63, 3.8) is 0 Å².